The number of hydrogen-bond acceptors (Lipinski definition) is 0. The minimum Gasteiger partial charge on any atom is -0.0843 e. The van der Waals surface area contributed by atoms with Gasteiger partial charge in [0.25, 0.3) is 0 Å². The predicted molar refractivity (Wildman–Crippen MR) is 53.8 cm³/mol. The Balaban J connectivity index is 3.08. The van der Waals surface area contributed by atoms with Gasteiger partial charge in [-0.05, 0) is 30.7 Å². The van der Waals surface area contributed by atoms with Crippen LogP contribution in [0.4, 0.5) is 0 Å². The lowest BCUT2D eigenvalue weighted by Gasteiger charge is -2.03. The summed E-state index contributed by atoms with van der Waals surface area (Å²) in [6.07, 6.45) is 0. The molecule has 0 aliphatic rings. The number of rotatable bonds is 1. The normalized spacial score (nSPS) is 13.1. The zero-order valence-electron chi connectivity index (χ0n) is 5.94. The van der Waals surface area contributed by atoms with E-state index in [0.29, 0.717) is 14.9 Å². The molecule has 11 heavy (non-hydrogen) atoms. The maximum Gasteiger partial charge on any atom is 0.0423 e. The standard InChI is InChI=1S/C8H7BrCl2/c1-5(9)6-2-7(10)4-8(11)3-6/h2-5H,1H3/t5-/m0/s1. The highest BCUT2D eigenvalue weighted by molar-refractivity contribution is 9.09. The van der Waals surface area contributed by atoms with E-state index in [2.05, 4.69) is 15.9 Å². The summed E-state index contributed by atoms with van der Waals surface area (Å²) in [6, 6.07) is 5.52. The molecule has 0 unspecified atom stereocenters. The van der Waals surface area contributed by atoms with E-state index in [4.69, 9.17) is 23.2 Å². The fourth-order valence-electron chi connectivity index (χ4n) is 0.805. The lowest BCUT2D eigenvalue weighted by atomic mass is 10.2. The second-order valence-corrected chi connectivity index (χ2v) is 4.57. The van der Waals surface area contributed by atoms with Crippen LogP contribution in [0.2, 0.25) is 10.0 Å². The molecule has 0 bridgehead atoms. The molecule has 1 rings (SSSR count). The van der Waals surface area contributed by atoms with Gasteiger partial charge >= 0.3 is 0 Å². The minimum atomic E-state index is 0.290. The Morgan fingerprint density at radius 3 is 2.00 bits per heavy atom. The summed E-state index contributed by atoms with van der Waals surface area (Å²) in [7, 11) is 0. The van der Waals surface area contributed by atoms with Gasteiger partial charge in [0.15, 0.2) is 0 Å². The van der Waals surface area contributed by atoms with Crippen LogP contribution in [0.25, 0.3) is 0 Å². The van der Waals surface area contributed by atoms with Crippen molar-refractivity contribution in [2.24, 2.45) is 0 Å². The lowest BCUT2D eigenvalue weighted by molar-refractivity contribution is 1.12. The van der Waals surface area contributed by atoms with Crippen molar-refractivity contribution >= 4 is 39.1 Å². The second kappa shape index (κ2) is 3.79. The molecule has 0 aliphatic heterocycles. The molecule has 1 atom stereocenters. The van der Waals surface area contributed by atoms with Gasteiger partial charge in [-0.15, -0.1) is 0 Å². The summed E-state index contributed by atoms with van der Waals surface area (Å²) >= 11 is 15.0. The summed E-state index contributed by atoms with van der Waals surface area (Å²) in [6.45, 7) is 2.03. The highest BCUT2D eigenvalue weighted by atomic mass is 79.9. The van der Waals surface area contributed by atoms with Gasteiger partial charge in [0.2, 0.25) is 0 Å². The van der Waals surface area contributed by atoms with Gasteiger partial charge in [-0.2, -0.15) is 0 Å². The first-order valence-electron chi connectivity index (χ1n) is 3.19. The maximum atomic E-state index is 5.79. The Morgan fingerprint density at radius 1 is 1.18 bits per heavy atom. The molecule has 60 valence electrons. The molecule has 0 N–H and O–H groups in total. The van der Waals surface area contributed by atoms with E-state index in [1.165, 1.54) is 0 Å². The van der Waals surface area contributed by atoms with Crippen molar-refractivity contribution in [2.75, 3.05) is 0 Å². The van der Waals surface area contributed by atoms with Crippen LogP contribution in [0.15, 0.2) is 18.2 Å². The smallest absolute Gasteiger partial charge is 0.0423 e. The fourth-order valence-corrected chi connectivity index (χ4v) is 1.61. The molecule has 0 spiro atoms. The van der Waals surface area contributed by atoms with Crippen molar-refractivity contribution in [3.8, 4) is 0 Å². The Morgan fingerprint density at radius 2 is 1.64 bits per heavy atom. The SMILES string of the molecule is C[C@H](Br)c1cc(Cl)cc(Cl)c1. The molecule has 0 saturated carbocycles. The van der Waals surface area contributed by atoms with E-state index >= 15 is 0 Å². The van der Waals surface area contributed by atoms with Crippen molar-refractivity contribution in [2.45, 2.75) is 11.8 Å². The molecular formula is C8H7BrCl2. The van der Waals surface area contributed by atoms with Gasteiger partial charge in [-0.3, -0.25) is 0 Å². The third-order valence-electron chi connectivity index (χ3n) is 1.34. The number of halogens is 3. The second-order valence-electron chi connectivity index (χ2n) is 2.32. The Kier molecular flexibility index (Phi) is 3.23. The molecule has 1 aromatic carbocycles. The van der Waals surface area contributed by atoms with Crippen LogP contribution >= 0.6 is 39.1 Å². The molecule has 0 nitrogen and oxygen atoms in total. The van der Waals surface area contributed by atoms with Crippen molar-refractivity contribution in [1.29, 1.82) is 0 Å². The Bertz CT molecular complexity index is 238. The molecule has 0 fully saturated rings. The first kappa shape index (κ1) is 9.37. The van der Waals surface area contributed by atoms with Crippen LogP contribution in [0.1, 0.15) is 17.3 Å². The summed E-state index contributed by atoms with van der Waals surface area (Å²) in [4.78, 5) is 0.290. The van der Waals surface area contributed by atoms with Gasteiger partial charge in [0.1, 0.15) is 0 Å². The largest absolute Gasteiger partial charge is 0.0843 e. The van der Waals surface area contributed by atoms with E-state index in [0.717, 1.165) is 5.56 Å². The van der Waals surface area contributed by atoms with E-state index < -0.39 is 0 Å². The van der Waals surface area contributed by atoms with Crippen molar-refractivity contribution in [3.05, 3.63) is 33.8 Å². The van der Waals surface area contributed by atoms with E-state index in [1.54, 1.807) is 6.07 Å². The molecule has 1 aromatic rings. The van der Waals surface area contributed by atoms with Crippen molar-refractivity contribution < 1.29 is 0 Å². The van der Waals surface area contributed by atoms with Gasteiger partial charge in [-0.25, -0.2) is 0 Å². The van der Waals surface area contributed by atoms with Crippen molar-refractivity contribution in [3.63, 3.8) is 0 Å². The van der Waals surface area contributed by atoms with Gasteiger partial charge in [0, 0.05) is 14.9 Å². The predicted octanol–water partition coefficient (Wildman–Crippen LogP) is 4.45. The van der Waals surface area contributed by atoms with Crippen LogP contribution in [-0.2, 0) is 0 Å². The van der Waals surface area contributed by atoms with E-state index in [1.807, 2.05) is 19.1 Å². The number of benzene rings is 1. The average molecular weight is 254 g/mol. The Labute approximate surface area is 84.6 Å². The van der Waals surface area contributed by atoms with Crippen molar-refractivity contribution in [1.82, 2.24) is 0 Å². The molecule has 0 aliphatic carbocycles. The Hall–Kier alpha value is 0.280. The lowest BCUT2D eigenvalue weighted by Crippen LogP contribution is -1.82. The van der Waals surface area contributed by atoms with Gasteiger partial charge < -0.3 is 0 Å². The minimum absolute atomic E-state index is 0.290. The highest BCUT2D eigenvalue weighted by Gasteiger charge is 2.02. The number of alkyl halides is 1. The molecule has 0 radical (unpaired) electrons. The average Bonchev–Trinajstić information content (AvgIpc) is 1.85. The quantitative estimate of drug-likeness (QED) is 0.649. The van der Waals surface area contributed by atoms with Gasteiger partial charge in [0.05, 0.1) is 0 Å². The van der Waals surface area contributed by atoms with Crippen LogP contribution < -0.4 is 0 Å². The zero-order chi connectivity index (χ0) is 8.43. The zero-order valence-corrected chi connectivity index (χ0v) is 9.04. The molecule has 0 heterocycles. The molecule has 0 amide bonds. The monoisotopic (exact) mass is 252 g/mol. The van der Waals surface area contributed by atoms with Crippen LogP contribution in [0.5, 0.6) is 0 Å². The van der Waals surface area contributed by atoms with E-state index in [9.17, 15) is 0 Å². The summed E-state index contributed by atoms with van der Waals surface area (Å²) in [5.74, 6) is 0. The summed E-state index contributed by atoms with van der Waals surface area (Å²) in [5.41, 5.74) is 1.10. The molecule has 0 aromatic heterocycles. The molecule has 3 heteroatoms. The molecular weight excluding hydrogens is 247 g/mol. The topological polar surface area (TPSA) is 0 Å². The highest BCUT2D eigenvalue weighted by Crippen LogP contribution is 2.27. The van der Waals surface area contributed by atoms with Crippen LogP contribution in [-0.4, -0.2) is 0 Å². The third kappa shape index (κ3) is 2.66. The van der Waals surface area contributed by atoms with E-state index in [-0.39, 0.29) is 0 Å². The summed E-state index contributed by atoms with van der Waals surface area (Å²) in [5, 5.41) is 1.36. The van der Waals surface area contributed by atoms with Crippen LogP contribution in [0.3, 0.4) is 0 Å². The molecule has 0 saturated heterocycles. The number of hydrogen-bond donors (Lipinski definition) is 0. The fraction of sp³-hybridized carbons (Fsp3) is 0.250. The van der Waals surface area contributed by atoms with Crippen LogP contribution in [0, 0.1) is 0 Å². The maximum absolute atomic E-state index is 5.79. The first-order valence-corrected chi connectivity index (χ1v) is 4.87. The summed E-state index contributed by atoms with van der Waals surface area (Å²) < 4.78 is 0. The third-order valence-corrected chi connectivity index (χ3v) is 2.31. The van der Waals surface area contributed by atoms with Gasteiger partial charge in [-0.1, -0.05) is 39.1 Å². The first-order chi connectivity index (χ1) is 5.09.